The van der Waals surface area contributed by atoms with Crippen molar-refractivity contribution in [1.29, 1.82) is 0 Å². The topological polar surface area (TPSA) is 76.4 Å². The fourth-order valence-corrected chi connectivity index (χ4v) is 2.88. The summed E-state index contributed by atoms with van der Waals surface area (Å²) in [6.45, 7) is 4.48. The highest BCUT2D eigenvalue weighted by atomic mass is 32.2. The third-order valence-electron chi connectivity index (χ3n) is 3.24. The van der Waals surface area contributed by atoms with Gasteiger partial charge in [0.25, 0.3) is 0 Å². The summed E-state index contributed by atoms with van der Waals surface area (Å²) >= 11 is 1.34. The molecule has 1 heterocycles. The molecule has 1 amide bonds. The van der Waals surface area contributed by atoms with Crippen molar-refractivity contribution in [3.8, 4) is 5.75 Å². The number of nitrogens with one attached hydrogen (secondary N) is 1. The minimum atomic E-state index is -0.133. The van der Waals surface area contributed by atoms with Crippen molar-refractivity contribution in [3.63, 3.8) is 0 Å². The molecule has 0 aliphatic carbocycles. The van der Waals surface area contributed by atoms with Crippen LogP contribution in [0.25, 0.3) is 0 Å². The molecule has 7 heteroatoms. The van der Waals surface area contributed by atoms with Gasteiger partial charge in [-0.3, -0.25) is 4.79 Å². The maximum atomic E-state index is 11.7. The van der Waals surface area contributed by atoms with Gasteiger partial charge in [-0.05, 0) is 17.7 Å². The molecule has 0 aliphatic rings. The highest BCUT2D eigenvalue weighted by Gasteiger charge is 2.11. The number of aliphatic hydroxyl groups is 1. The second-order valence-corrected chi connectivity index (χ2v) is 5.97. The van der Waals surface area contributed by atoms with Gasteiger partial charge in [0.1, 0.15) is 5.75 Å². The molecule has 0 unspecified atom stereocenters. The molecule has 1 aromatic carbocycles. The number of aliphatic hydroxyl groups excluding tert-OH is 1. The van der Waals surface area contributed by atoms with Crippen molar-refractivity contribution < 1.29 is 14.6 Å². The number of carbonyl (C=O) groups excluding carboxylic acids is 1. The van der Waals surface area contributed by atoms with Crippen LogP contribution < -0.4 is 10.1 Å². The lowest BCUT2D eigenvalue weighted by Gasteiger charge is -2.08. The molecule has 0 fully saturated rings. The van der Waals surface area contributed by atoms with Gasteiger partial charge in [-0.1, -0.05) is 30.0 Å². The van der Waals surface area contributed by atoms with E-state index in [1.54, 1.807) is 19.4 Å². The second-order valence-electron chi connectivity index (χ2n) is 5.03. The van der Waals surface area contributed by atoms with Crippen LogP contribution in [0.1, 0.15) is 11.3 Å². The van der Waals surface area contributed by atoms with E-state index in [1.165, 1.54) is 11.8 Å². The molecular formula is C17H21N3O3S. The van der Waals surface area contributed by atoms with Crippen LogP contribution in [0.3, 0.4) is 0 Å². The zero-order valence-corrected chi connectivity index (χ0v) is 14.4. The summed E-state index contributed by atoms with van der Waals surface area (Å²) in [4.78, 5) is 16.1. The Kier molecular flexibility index (Phi) is 6.89. The molecule has 2 N–H and O–H groups in total. The van der Waals surface area contributed by atoms with E-state index in [0.29, 0.717) is 23.9 Å². The quantitative estimate of drug-likeness (QED) is 0.535. The van der Waals surface area contributed by atoms with Gasteiger partial charge in [0, 0.05) is 19.3 Å². The van der Waals surface area contributed by atoms with Gasteiger partial charge in [0.05, 0.1) is 25.2 Å². The predicted octanol–water partition coefficient (Wildman–Crippen LogP) is 1.83. The van der Waals surface area contributed by atoms with Crippen LogP contribution in [-0.4, -0.2) is 40.0 Å². The molecule has 0 bridgehead atoms. The Morgan fingerprint density at radius 2 is 2.21 bits per heavy atom. The Balaban J connectivity index is 2.06. The maximum Gasteiger partial charge on any atom is 0.230 e. The summed E-state index contributed by atoms with van der Waals surface area (Å²) in [6.07, 6.45) is 3.44. The Morgan fingerprint density at radius 3 is 2.83 bits per heavy atom. The maximum absolute atomic E-state index is 11.7. The average Bonchev–Trinajstić information content (AvgIpc) is 3.00. The van der Waals surface area contributed by atoms with Gasteiger partial charge in [-0.2, -0.15) is 0 Å². The molecular weight excluding hydrogens is 326 g/mol. The number of carbonyl (C=O) groups is 1. The van der Waals surface area contributed by atoms with Crippen LogP contribution >= 0.6 is 11.8 Å². The lowest BCUT2D eigenvalue weighted by atomic mass is 10.2. The van der Waals surface area contributed by atoms with E-state index < -0.39 is 0 Å². The van der Waals surface area contributed by atoms with Crippen LogP contribution in [0.2, 0.25) is 0 Å². The molecule has 2 rings (SSSR count). The van der Waals surface area contributed by atoms with Crippen molar-refractivity contribution in [3.05, 3.63) is 54.4 Å². The highest BCUT2D eigenvalue weighted by molar-refractivity contribution is 7.99. The zero-order chi connectivity index (χ0) is 17.4. The van der Waals surface area contributed by atoms with Crippen LogP contribution in [0, 0.1) is 0 Å². The first-order valence-corrected chi connectivity index (χ1v) is 8.45. The number of aromatic nitrogens is 2. The number of thioether (sulfide) groups is 1. The first kappa shape index (κ1) is 18.1. The van der Waals surface area contributed by atoms with Gasteiger partial charge >= 0.3 is 0 Å². The van der Waals surface area contributed by atoms with Crippen LogP contribution in [-0.2, 0) is 17.9 Å². The van der Waals surface area contributed by atoms with Crippen molar-refractivity contribution in [2.75, 3.05) is 19.4 Å². The number of hydrogen-bond donors (Lipinski definition) is 2. The summed E-state index contributed by atoms with van der Waals surface area (Å²) in [7, 11) is 1.63. The second kappa shape index (κ2) is 9.14. The molecule has 24 heavy (non-hydrogen) atoms. The minimum absolute atomic E-state index is 0.0792. The van der Waals surface area contributed by atoms with Crippen LogP contribution in [0.15, 0.2) is 48.3 Å². The van der Waals surface area contributed by atoms with Gasteiger partial charge < -0.3 is 19.7 Å². The monoisotopic (exact) mass is 347 g/mol. The normalized spacial score (nSPS) is 10.4. The van der Waals surface area contributed by atoms with E-state index in [9.17, 15) is 9.90 Å². The van der Waals surface area contributed by atoms with Crippen molar-refractivity contribution in [1.82, 2.24) is 14.9 Å². The zero-order valence-electron chi connectivity index (χ0n) is 13.6. The number of methoxy groups -OCH3 is 1. The third kappa shape index (κ3) is 5.14. The van der Waals surface area contributed by atoms with Gasteiger partial charge in [0.15, 0.2) is 5.16 Å². The van der Waals surface area contributed by atoms with E-state index in [4.69, 9.17) is 4.74 Å². The molecule has 0 atom stereocenters. The first-order valence-electron chi connectivity index (χ1n) is 7.46. The van der Waals surface area contributed by atoms with Gasteiger partial charge in [-0.25, -0.2) is 4.98 Å². The molecule has 2 aromatic rings. The Morgan fingerprint density at radius 1 is 1.46 bits per heavy atom. The molecule has 0 saturated carbocycles. The molecule has 128 valence electrons. The van der Waals surface area contributed by atoms with E-state index in [1.807, 2.05) is 28.8 Å². The van der Waals surface area contributed by atoms with Crippen LogP contribution in [0.4, 0.5) is 0 Å². The summed E-state index contributed by atoms with van der Waals surface area (Å²) in [5.41, 5.74) is 1.66. The number of imidazole rings is 1. The Bertz CT molecular complexity index is 683. The number of hydrogen-bond acceptors (Lipinski definition) is 5. The van der Waals surface area contributed by atoms with Crippen LogP contribution in [0.5, 0.6) is 5.75 Å². The number of rotatable bonds is 9. The predicted molar refractivity (Wildman–Crippen MR) is 94.2 cm³/mol. The lowest BCUT2D eigenvalue weighted by molar-refractivity contribution is -0.118. The van der Waals surface area contributed by atoms with Gasteiger partial charge in [-0.15, -0.1) is 6.58 Å². The van der Waals surface area contributed by atoms with Crippen molar-refractivity contribution in [2.45, 2.75) is 18.3 Å². The largest absolute Gasteiger partial charge is 0.497 e. The van der Waals surface area contributed by atoms with Crippen molar-refractivity contribution >= 4 is 17.7 Å². The van der Waals surface area contributed by atoms with Crippen molar-refractivity contribution in [2.24, 2.45) is 0 Å². The summed E-state index contributed by atoms with van der Waals surface area (Å²) < 4.78 is 7.08. The molecule has 0 aliphatic heterocycles. The molecule has 0 spiro atoms. The SMILES string of the molecule is C=CCNC(=O)CSc1nc(CO)cn1Cc1ccc(OC)cc1. The fourth-order valence-electron chi connectivity index (χ4n) is 2.05. The van der Waals surface area contributed by atoms with E-state index >= 15 is 0 Å². The number of benzene rings is 1. The third-order valence-corrected chi connectivity index (χ3v) is 4.23. The lowest BCUT2D eigenvalue weighted by Crippen LogP contribution is -2.25. The van der Waals surface area contributed by atoms with E-state index in [0.717, 1.165) is 11.3 Å². The molecule has 1 aromatic heterocycles. The van der Waals surface area contributed by atoms with E-state index in [-0.39, 0.29) is 18.3 Å². The minimum Gasteiger partial charge on any atom is -0.497 e. The smallest absolute Gasteiger partial charge is 0.230 e. The van der Waals surface area contributed by atoms with Gasteiger partial charge in [0.2, 0.25) is 5.91 Å². The Labute approximate surface area is 145 Å². The number of ether oxygens (including phenoxy) is 1. The highest BCUT2D eigenvalue weighted by Crippen LogP contribution is 2.20. The number of amides is 1. The summed E-state index contributed by atoms with van der Waals surface area (Å²) in [5.74, 6) is 0.983. The standard InChI is InChI=1S/C17H21N3O3S/c1-3-8-18-16(22)12-24-17-19-14(11-21)10-20(17)9-13-4-6-15(23-2)7-5-13/h3-7,10,21H,1,8-9,11-12H2,2H3,(H,18,22). The molecule has 6 nitrogen and oxygen atoms in total. The average molecular weight is 347 g/mol. The number of nitrogens with zero attached hydrogens (tertiary/aromatic N) is 2. The molecule has 0 saturated heterocycles. The first-order chi connectivity index (χ1) is 11.7. The fraction of sp³-hybridized carbons (Fsp3) is 0.294. The Hall–Kier alpha value is -2.25. The summed E-state index contributed by atoms with van der Waals surface area (Å²) in [5, 5.41) is 12.7. The molecule has 0 radical (unpaired) electrons. The van der Waals surface area contributed by atoms with E-state index in [2.05, 4.69) is 16.9 Å². The summed E-state index contributed by atoms with van der Waals surface area (Å²) in [6, 6.07) is 7.74.